The van der Waals surface area contributed by atoms with Crippen LogP contribution in [0.5, 0.6) is 0 Å². The summed E-state index contributed by atoms with van der Waals surface area (Å²) in [4.78, 5) is 12.5. The summed E-state index contributed by atoms with van der Waals surface area (Å²) in [6, 6.07) is 7.50. The number of nitrogens with two attached hydrogens (primary N) is 1. The smallest absolute Gasteiger partial charge is 0.262 e. The first-order valence-corrected chi connectivity index (χ1v) is 9.64. The Morgan fingerprint density at radius 1 is 1.28 bits per heavy atom. The molecular weight excluding hydrogens is 383 g/mol. The van der Waals surface area contributed by atoms with Gasteiger partial charge in [-0.05, 0) is 36.0 Å². The molecule has 0 aromatic heterocycles. The maximum Gasteiger partial charge on any atom is 0.262 e. The van der Waals surface area contributed by atoms with Crippen molar-refractivity contribution < 1.29 is 14.8 Å². The number of amides is 1. The van der Waals surface area contributed by atoms with Crippen LogP contribution >= 0.6 is 34.8 Å². The third-order valence-electron chi connectivity index (χ3n) is 4.31. The molecule has 1 aromatic carbocycles. The minimum absolute atomic E-state index is 0.0319. The van der Waals surface area contributed by atoms with Gasteiger partial charge in [0.05, 0.1) is 0 Å². The maximum atomic E-state index is 12.5. The minimum atomic E-state index is -1.61. The molecule has 1 aliphatic heterocycles. The van der Waals surface area contributed by atoms with Crippen molar-refractivity contribution in [3.05, 3.63) is 35.4 Å². The fourth-order valence-electron chi connectivity index (χ4n) is 2.74. The number of halogens is 3. The lowest BCUT2D eigenvalue weighted by atomic mass is 9.87. The molecule has 140 valence electrons. The number of carbonyl (C=O) groups is 1. The van der Waals surface area contributed by atoms with E-state index >= 15 is 0 Å². The van der Waals surface area contributed by atoms with E-state index < -0.39 is 9.96 Å². The quantitative estimate of drug-likeness (QED) is 0.581. The summed E-state index contributed by atoms with van der Waals surface area (Å²) in [6.07, 6.45) is 1.49. The van der Waals surface area contributed by atoms with E-state index in [1.54, 1.807) is 12.1 Å². The van der Waals surface area contributed by atoms with Gasteiger partial charge in [-0.3, -0.25) is 10.1 Å². The molecule has 0 saturated carbocycles. The number of ether oxygens (including phenoxy) is 1. The van der Waals surface area contributed by atoms with E-state index in [1.807, 2.05) is 17.4 Å². The van der Waals surface area contributed by atoms with E-state index in [4.69, 9.17) is 39.5 Å². The molecule has 7 heteroatoms. The monoisotopic (exact) mass is 407 g/mol. The second-order valence-electron chi connectivity index (χ2n) is 7.43. The summed E-state index contributed by atoms with van der Waals surface area (Å²) < 4.78 is 3.97. The lowest BCUT2D eigenvalue weighted by Crippen LogP contribution is -2.97. The zero-order valence-electron chi connectivity index (χ0n) is 14.8. The topological polar surface area (TPSA) is 54.9 Å². The van der Waals surface area contributed by atoms with Crippen LogP contribution in [0.4, 0.5) is 0 Å². The van der Waals surface area contributed by atoms with Crippen molar-refractivity contribution >= 4 is 40.7 Å². The van der Waals surface area contributed by atoms with Gasteiger partial charge in [-0.2, -0.15) is 0 Å². The van der Waals surface area contributed by atoms with Crippen LogP contribution < -0.4 is 10.6 Å². The van der Waals surface area contributed by atoms with Crippen LogP contribution in [0.2, 0.25) is 0 Å². The average molecular weight is 409 g/mol. The lowest BCUT2D eigenvalue weighted by Gasteiger charge is -2.24. The Morgan fingerprint density at radius 3 is 2.40 bits per heavy atom. The van der Waals surface area contributed by atoms with E-state index in [9.17, 15) is 4.79 Å². The molecule has 25 heavy (non-hydrogen) atoms. The first-order chi connectivity index (χ1) is 11.6. The van der Waals surface area contributed by atoms with Crippen LogP contribution in [-0.4, -0.2) is 35.1 Å². The molecule has 0 radical (unpaired) electrons. The molecule has 3 N–H and O–H groups in total. The molecule has 1 fully saturated rings. The van der Waals surface area contributed by atoms with Gasteiger partial charge >= 0.3 is 0 Å². The number of rotatable bonds is 5. The SMILES string of the molecule is CC(C)(C)c1ccc(C(=O)N[C@H]([NH2+]C[C@H]2CCCO2)C(Cl)(Cl)Cl)cc1. The standard InChI is InChI=1S/C18H25Cl3N2O2/c1-17(2,3)13-8-6-12(7-9-13)15(24)23-16(18(19,20)21)22-11-14-5-4-10-25-14/h6-9,14,16,22H,4-5,10-11H2,1-3H3,(H,23,24)/p+1/t14-,16+/m1/s1. The summed E-state index contributed by atoms with van der Waals surface area (Å²) in [7, 11) is 0. The molecule has 2 atom stereocenters. The Hall–Kier alpha value is -0.520. The van der Waals surface area contributed by atoms with Crippen molar-refractivity contribution in [1.82, 2.24) is 5.32 Å². The third-order valence-corrected chi connectivity index (χ3v) is 5.02. The van der Waals surface area contributed by atoms with E-state index in [1.165, 1.54) is 0 Å². The van der Waals surface area contributed by atoms with Crippen LogP contribution in [0.1, 0.15) is 49.5 Å². The number of alkyl halides is 3. The largest absolute Gasteiger partial charge is 0.372 e. The Bertz CT molecular complexity index is 573. The van der Waals surface area contributed by atoms with Gasteiger partial charge in [0.15, 0.2) is 0 Å². The average Bonchev–Trinajstić information content (AvgIpc) is 3.02. The Kier molecular flexibility index (Phi) is 7.02. The maximum absolute atomic E-state index is 12.5. The Labute approximate surface area is 164 Å². The van der Waals surface area contributed by atoms with E-state index in [0.29, 0.717) is 12.1 Å². The van der Waals surface area contributed by atoms with E-state index in [-0.39, 0.29) is 17.4 Å². The second kappa shape index (κ2) is 8.45. The van der Waals surface area contributed by atoms with Crippen molar-refractivity contribution in [3.8, 4) is 0 Å². The third kappa shape index (κ3) is 6.30. The number of quaternary nitrogens is 1. The fraction of sp³-hybridized carbons (Fsp3) is 0.611. The molecule has 0 bridgehead atoms. The van der Waals surface area contributed by atoms with Gasteiger partial charge in [-0.15, -0.1) is 0 Å². The molecule has 1 saturated heterocycles. The second-order valence-corrected chi connectivity index (χ2v) is 9.80. The van der Waals surface area contributed by atoms with Gasteiger partial charge in [-0.25, -0.2) is 0 Å². The first kappa shape index (κ1) is 20.8. The van der Waals surface area contributed by atoms with Crippen molar-refractivity contribution in [2.45, 2.75) is 55.1 Å². The number of hydrogen-bond acceptors (Lipinski definition) is 2. The molecule has 0 unspecified atom stereocenters. The molecule has 2 rings (SSSR count). The van der Waals surface area contributed by atoms with Crippen molar-refractivity contribution in [2.75, 3.05) is 13.2 Å². The predicted molar refractivity (Wildman–Crippen MR) is 102 cm³/mol. The van der Waals surface area contributed by atoms with E-state index in [0.717, 1.165) is 25.0 Å². The van der Waals surface area contributed by atoms with Gasteiger partial charge < -0.3 is 10.1 Å². The summed E-state index contributed by atoms with van der Waals surface area (Å²) in [5, 5.41) is 4.63. The van der Waals surface area contributed by atoms with Crippen LogP contribution in [0.25, 0.3) is 0 Å². The molecule has 4 nitrogen and oxygen atoms in total. The zero-order valence-corrected chi connectivity index (χ0v) is 17.1. The summed E-state index contributed by atoms with van der Waals surface area (Å²) in [6.45, 7) is 7.79. The number of hydrogen-bond donors (Lipinski definition) is 2. The van der Waals surface area contributed by atoms with Crippen LogP contribution in [-0.2, 0) is 10.2 Å². The van der Waals surface area contributed by atoms with Crippen LogP contribution in [0, 0.1) is 0 Å². The first-order valence-electron chi connectivity index (χ1n) is 8.50. The minimum Gasteiger partial charge on any atom is -0.372 e. The predicted octanol–water partition coefficient (Wildman–Crippen LogP) is 3.15. The highest BCUT2D eigenvalue weighted by molar-refractivity contribution is 6.68. The molecule has 1 aliphatic rings. The van der Waals surface area contributed by atoms with Gasteiger partial charge in [0.1, 0.15) is 12.6 Å². The Morgan fingerprint density at radius 2 is 1.92 bits per heavy atom. The van der Waals surface area contributed by atoms with Gasteiger partial charge in [0.2, 0.25) is 6.17 Å². The molecule has 1 heterocycles. The Balaban J connectivity index is 2.00. The highest BCUT2D eigenvalue weighted by Crippen LogP contribution is 2.28. The number of carbonyl (C=O) groups excluding carboxylic acids is 1. The molecular formula is C18H26Cl3N2O2+. The molecule has 0 spiro atoms. The summed E-state index contributed by atoms with van der Waals surface area (Å²) in [5.74, 6) is -0.264. The van der Waals surface area contributed by atoms with Gasteiger partial charge in [-0.1, -0.05) is 67.7 Å². The van der Waals surface area contributed by atoms with Gasteiger partial charge in [0, 0.05) is 12.2 Å². The number of nitrogens with one attached hydrogen (secondary N) is 1. The van der Waals surface area contributed by atoms with Crippen molar-refractivity contribution in [1.29, 1.82) is 0 Å². The molecule has 1 aromatic rings. The fourth-order valence-corrected chi connectivity index (χ4v) is 3.17. The van der Waals surface area contributed by atoms with E-state index in [2.05, 4.69) is 26.1 Å². The summed E-state index contributed by atoms with van der Waals surface area (Å²) >= 11 is 18.1. The van der Waals surface area contributed by atoms with Crippen molar-refractivity contribution in [2.24, 2.45) is 0 Å². The van der Waals surface area contributed by atoms with Gasteiger partial charge in [0.25, 0.3) is 9.70 Å². The van der Waals surface area contributed by atoms with Crippen LogP contribution in [0.15, 0.2) is 24.3 Å². The summed E-state index contributed by atoms with van der Waals surface area (Å²) in [5.41, 5.74) is 1.73. The van der Waals surface area contributed by atoms with Crippen LogP contribution in [0.3, 0.4) is 0 Å². The highest BCUT2D eigenvalue weighted by Gasteiger charge is 2.38. The number of benzene rings is 1. The molecule has 0 aliphatic carbocycles. The zero-order chi connectivity index (χ0) is 18.7. The lowest BCUT2D eigenvalue weighted by molar-refractivity contribution is -0.697. The molecule has 1 amide bonds. The van der Waals surface area contributed by atoms with Crippen molar-refractivity contribution in [3.63, 3.8) is 0 Å². The highest BCUT2D eigenvalue weighted by atomic mass is 35.6. The normalized spacial score (nSPS) is 19.7.